The van der Waals surface area contributed by atoms with Crippen molar-refractivity contribution in [2.24, 2.45) is 5.73 Å². The number of rotatable bonds is 1. The maximum Gasteiger partial charge on any atom is 0.226 e. The van der Waals surface area contributed by atoms with E-state index >= 15 is 0 Å². The summed E-state index contributed by atoms with van der Waals surface area (Å²) in [5.74, 6) is 0.688. The minimum atomic E-state index is 0. The van der Waals surface area contributed by atoms with Crippen LogP contribution in [0.1, 0.15) is 12.8 Å². The number of piperidine rings is 1. The molecule has 2 rings (SSSR count). The molecule has 1 aliphatic rings. The Bertz CT molecular complexity index is 321. The highest BCUT2D eigenvalue weighted by molar-refractivity contribution is 6.29. The van der Waals surface area contributed by atoms with Gasteiger partial charge in [-0.05, 0) is 18.9 Å². The van der Waals surface area contributed by atoms with Crippen LogP contribution in [-0.2, 0) is 0 Å². The molecule has 0 saturated carbocycles. The van der Waals surface area contributed by atoms with Gasteiger partial charge in [0.1, 0.15) is 5.15 Å². The predicted octanol–water partition coefficient (Wildman–Crippen LogP) is 1.48. The Morgan fingerprint density at radius 3 is 3.00 bits per heavy atom. The van der Waals surface area contributed by atoms with Gasteiger partial charge in [-0.25, -0.2) is 9.97 Å². The quantitative estimate of drug-likeness (QED) is 0.766. The molecule has 0 bridgehead atoms. The molecule has 1 saturated heterocycles. The zero-order valence-corrected chi connectivity index (χ0v) is 9.84. The van der Waals surface area contributed by atoms with E-state index in [-0.39, 0.29) is 18.4 Å². The molecule has 0 aliphatic carbocycles. The number of nitrogens with two attached hydrogens (primary N) is 1. The Balaban J connectivity index is 0.00000112. The monoisotopic (exact) mass is 248 g/mol. The van der Waals surface area contributed by atoms with Crippen molar-refractivity contribution in [3.05, 3.63) is 17.4 Å². The molecule has 2 N–H and O–H groups in total. The van der Waals surface area contributed by atoms with E-state index in [2.05, 4.69) is 14.9 Å². The number of hydrogen-bond donors (Lipinski definition) is 1. The molecule has 0 amide bonds. The Morgan fingerprint density at radius 2 is 2.33 bits per heavy atom. The Labute approximate surface area is 100 Å². The summed E-state index contributed by atoms with van der Waals surface area (Å²) in [5.41, 5.74) is 5.87. The number of aromatic nitrogens is 2. The molecule has 0 spiro atoms. The lowest BCUT2D eigenvalue weighted by atomic mass is 10.1. The van der Waals surface area contributed by atoms with Gasteiger partial charge in [0.15, 0.2) is 0 Å². The van der Waals surface area contributed by atoms with E-state index < -0.39 is 0 Å². The van der Waals surface area contributed by atoms with E-state index in [0.717, 1.165) is 25.9 Å². The van der Waals surface area contributed by atoms with Gasteiger partial charge >= 0.3 is 0 Å². The molecule has 1 fully saturated rings. The lowest BCUT2D eigenvalue weighted by Crippen LogP contribution is -2.43. The molecule has 15 heavy (non-hydrogen) atoms. The Kier molecular flexibility index (Phi) is 4.57. The molecule has 1 atom stereocenters. The number of halogens is 2. The van der Waals surface area contributed by atoms with Crippen LogP contribution in [0.4, 0.5) is 5.95 Å². The van der Waals surface area contributed by atoms with Gasteiger partial charge in [0.25, 0.3) is 0 Å². The van der Waals surface area contributed by atoms with Gasteiger partial charge in [0.2, 0.25) is 5.95 Å². The predicted molar refractivity (Wildman–Crippen MR) is 63.7 cm³/mol. The van der Waals surface area contributed by atoms with Crippen LogP contribution < -0.4 is 10.6 Å². The first-order valence-corrected chi connectivity index (χ1v) is 5.12. The number of anilines is 1. The van der Waals surface area contributed by atoms with Gasteiger partial charge in [-0.1, -0.05) is 11.6 Å². The number of nitrogens with zero attached hydrogens (tertiary/aromatic N) is 3. The summed E-state index contributed by atoms with van der Waals surface area (Å²) in [7, 11) is 0. The third-order valence-electron chi connectivity index (χ3n) is 2.35. The third kappa shape index (κ3) is 3.19. The SMILES string of the molecule is Cl.NC1CCCN(c2nccc(Cl)n2)C1. The van der Waals surface area contributed by atoms with E-state index in [1.807, 2.05) is 0 Å². The maximum atomic E-state index is 5.87. The lowest BCUT2D eigenvalue weighted by Gasteiger charge is -2.30. The van der Waals surface area contributed by atoms with Crippen molar-refractivity contribution in [2.45, 2.75) is 18.9 Å². The molecule has 1 aliphatic heterocycles. The van der Waals surface area contributed by atoms with Gasteiger partial charge in [-0.2, -0.15) is 0 Å². The highest BCUT2D eigenvalue weighted by atomic mass is 35.5. The summed E-state index contributed by atoms with van der Waals surface area (Å²) >= 11 is 5.79. The highest BCUT2D eigenvalue weighted by Gasteiger charge is 2.18. The van der Waals surface area contributed by atoms with Crippen molar-refractivity contribution < 1.29 is 0 Å². The summed E-state index contributed by atoms with van der Waals surface area (Å²) in [6, 6.07) is 1.90. The second-order valence-corrected chi connectivity index (χ2v) is 3.91. The summed E-state index contributed by atoms with van der Waals surface area (Å²) in [6.07, 6.45) is 3.85. The van der Waals surface area contributed by atoms with Crippen molar-refractivity contribution in [3.63, 3.8) is 0 Å². The van der Waals surface area contributed by atoms with Crippen molar-refractivity contribution >= 4 is 30.0 Å². The van der Waals surface area contributed by atoms with Crippen molar-refractivity contribution in [1.29, 1.82) is 0 Å². The van der Waals surface area contributed by atoms with Crippen LogP contribution in [0.2, 0.25) is 5.15 Å². The van der Waals surface area contributed by atoms with E-state index in [0.29, 0.717) is 11.1 Å². The molecule has 1 aromatic heterocycles. The van der Waals surface area contributed by atoms with Crippen LogP contribution in [-0.4, -0.2) is 29.1 Å². The summed E-state index contributed by atoms with van der Waals surface area (Å²) in [5, 5.41) is 0.481. The Hall–Kier alpha value is -0.580. The van der Waals surface area contributed by atoms with E-state index in [4.69, 9.17) is 17.3 Å². The first-order valence-electron chi connectivity index (χ1n) is 4.75. The third-order valence-corrected chi connectivity index (χ3v) is 2.56. The molecule has 6 heteroatoms. The second-order valence-electron chi connectivity index (χ2n) is 3.53. The van der Waals surface area contributed by atoms with Crippen LogP contribution in [0.3, 0.4) is 0 Å². The molecular formula is C9H14Cl2N4. The first kappa shape index (κ1) is 12.5. The fourth-order valence-corrected chi connectivity index (χ4v) is 1.80. The van der Waals surface area contributed by atoms with Gasteiger partial charge in [0.05, 0.1) is 0 Å². The summed E-state index contributed by atoms with van der Waals surface area (Å²) in [4.78, 5) is 10.4. The normalized spacial score (nSPS) is 20.9. The fourth-order valence-electron chi connectivity index (χ4n) is 1.67. The molecule has 0 aromatic carbocycles. The smallest absolute Gasteiger partial charge is 0.226 e. The van der Waals surface area contributed by atoms with Crippen LogP contribution >= 0.6 is 24.0 Å². The van der Waals surface area contributed by atoms with Crippen LogP contribution in [0.25, 0.3) is 0 Å². The standard InChI is InChI=1S/C9H13ClN4.ClH/c10-8-3-4-12-9(13-8)14-5-1-2-7(11)6-14;/h3-4,7H,1-2,5-6,11H2;1H. The molecule has 0 radical (unpaired) electrons. The van der Waals surface area contributed by atoms with Gasteiger partial charge in [-0.15, -0.1) is 12.4 Å². The highest BCUT2D eigenvalue weighted by Crippen LogP contribution is 2.16. The molecule has 4 nitrogen and oxygen atoms in total. The minimum absolute atomic E-state index is 0. The van der Waals surface area contributed by atoms with E-state index in [1.165, 1.54) is 0 Å². The zero-order valence-electron chi connectivity index (χ0n) is 8.27. The van der Waals surface area contributed by atoms with Gasteiger partial charge < -0.3 is 10.6 Å². The minimum Gasteiger partial charge on any atom is -0.339 e. The zero-order chi connectivity index (χ0) is 9.97. The number of hydrogen-bond acceptors (Lipinski definition) is 4. The molecule has 1 aromatic rings. The second kappa shape index (κ2) is 5.49. The first-order chi connectivity index (χ1) is 6.75. The largest absolute Gasteiger partial charge is 0.339 e. The van der Waals surface area contributed by atoms with Crippen LogP contribution in [0, 0.1) is 0 Å². The van der Waals surface area contributed by atoms with Gasteiger partial charge in [0, 0.05) is 25.3 Å². The summed E-state index contributed by atoms with van der Waals surface area (Å²) in [6.45, 7) is 1.79. The average Bonchev–Trinajstić information content (AvgIpc) is 2.18. The topological polar surface area (TPSA) is 55.0 Å². The van der Waals surface area contributed by atoms with Crippen LogP contribution in [0.15, 0.2) is 12.3 Å². The van der Waals surface area contributed by atoms with E-state index in [1.54, 1.807) is 12.3 Å². The fraction of sp³-hybridized carbons (Fsp3) is 0.556. The van der Waals surface area contributed by atoms with Crippen molar-refractivity contribution in [1.82, 2.24) is 9.97 Å². The lowest BCUT2D eigenvalue weighted by molar-refractivity contribution is 0.500. The Morgan fingerprint density at radius 1 is 1.53 bits per heavy atom. The molecule has 1 unspecified atom stereocenters. The summed E-state index contributed by atoms with van der Waals surface area (Å²) < 4.78 is 0. The van der Waals surface area contributed by atoms with Crippen molar-refractivity contribution in [2.75, 3.05) is 18.0 Å². The van der Waals surface area contributed by atoms with Gasteiger partial charge in [-0.3, -0.25) is 0 Å². The maximum absolute atomic E-state index is 5.87. The van der Waals surface area contributed by atoms with Crippen molar-refractivity contribution in [3.8, 4) is 0 Å². The van der Waals surface area contributed by atoms with Crippen LogP contribution in [0.5, 0.6) is 0 Å². The molecule has 84 valence electrons. The molecular weight excluding hydrogens is 235 g/mol. The van der Waals surface area contributed by atoms with E-state index in [9.17, 15) is 0 Å². The average molecular weight is 249 g/mol. The molecule has 2 heterocycles.